The molecule has 4 nitrogen and oxygen atoms in total. The van der Waals surface area contributed by atoms with Gasteiger partial charge in [0.2, 0.25) is 0 Å². The largest absolute Gasteiger partial charge is 0.457 e. The molecule has 56 heavy (non-hydrogen) atoms. The topological polar surface area (TPSA) is 46.0 Å². The second-order valence-corrected chi connectivity index (χ2v) is 14.8. The monoisotopic (exact) mass is 719 g/mol. The number of fused-ring (bicyclic) bond motifs is 9. The highest BCUT2D eigenvalue weighted by Crippen LogP contribution is 2.62. The van der Waals surface area contributed by atoms with Gasteiger partial charge in [0.15, 0.2) is 0 Å². The first-order chi connectivity index (χ1) is 27.8. The van der Waals surface area contributed by atoms with Crippen LogP contribution in [0, 0.1) is 5.92 Å². The van der Waals surface area contributed by atoms with E-state index in [0.29, 0.717) is 0 Å². The number of hydrogen-bond donors (Lipinski definition) is 1. The van der Waals surface area contributed by atoms with Crippen LogP contribution in [0.3, 0.4) is 0 Å². The Morgan fingerprint density at radius 2 is 1.18 bits per heavy atom. The molecule has 7 aromatic carbocycles. The third kappa shape index (κ3) is 5.06. The number of aliphatic imine (C=N–C) groups is 2. The highest BCUT2D eigenvalue weighted by Gasteiger charge is 2.51. The van der Waals surface area contributed by atoms with Crippen molar-refractivity contribution in [3.8, 4) is 44.9 Å². The average Bonchev–Trinajstić information content (AvgIpc) is 3.57. The van der Waals surface area contributed by atoms with Crippen molar-refractivity contribution in [1.29, 1.82) is 0 Å². The summed E-state index contributed by atoms with van der Waals surface area (Å²) >= 11 is 0. The molecular formula is C52H37N3O. The zero-order valence-electron chi connectivity index (χ0n) is 30.6. The molecule has 2 atom stereocenters. The molecule has 0 aromatic heterocycles. The Morgan fingerprint density at radius 3 is 1.96 bits per heavy atom. The minimum absolute atomic E-state index is 0.0902. The molecule has 4 heteroatoms. The summed E-state index contributed by atoms with van der Waals surface area (Å²) in [6.45, 7) is 0. The maximum absolute atomic E-state index is 6.76. The first-order valence-corrected chi connectivity index (χ1v) is 19.4. The molecule has 1 N–H and O–H groups in total. The molecule has 4 aliphatic rings. The quantitative estimate of drug-likeness (QED) is 0.192. The molecule has 0 saturated carbocycles. The van der Waals surface area contributed by atoms with E-state index in [1.54, 1.807) is 0 Å². The maximum atomic E-state index is 6.76. The zero-order chi connectivity index (χ0) is 37.1. The zero-order valence-corrected chi connectivity index (χ0v) is 30.6. The van der Waals surface area contributed by atoms with Gasteiger partial charge in [0.1, 0.15) is 29.3 Å². The minimum atomic E-state index is -0.541. The van der Waals surface area contributed by atoms with Gasteiger partial charge in [-0.2, -0.15) is 0 Å². The van der Waals surface area contributed by atoms with Gasteiger partial charge in [-0.25, -0.2) is 9.98 Å². The molecular weight excluding hydrogens is 683 g/mol. The molecule has 2 aliphatic heterocycles. The highest BCUT2D eigenvalue weighted by atomic mass is 16.5. The highest BCUT2D eigenvalue weighted by molar-refractivity contribution is 6.09. The molecule has 266 valence electrons. The van der Waals surface area contributed by atoms with E-state index in [1.807, 2.05) is 0 Å². The van der Waals surface area contributed by atoms with Crippen LogP contribution in [0.2, 0.25) is 0 Å². The van der Waals surface area contributed by atoms with E-state index in [1.165, 1.54) is 27.8 Å². The van der Waals surface area contributed by atoms with E-state index >= 15 is 0 Å². The van der Waals surface area contributed by atoms with Crippen LogP contribution in [-0.4, -0.2) is 11.7 Å². The fourth-order valence-electron chi connectivity index (χ4n) is 9.21. The van der Waals surface area contributed by atoms with Gasteiger partial charge >= 0.3 is 0 Å². The average molecular weight is 720 g/mol. The van der Waals surface area contributed by atoms with Gasteiger partial charge in [-0.1, -0.05) is 170 Å². The Balaban J connectivity index is 1.06. The van der Waals surface area contributed by atoms with Crippen molar-refractivity contribution in [3.63, 3.8) is 0 Å². The van der Waals surface area contributed by atoms with Gasteiger partial charge in [-0.3, -0.25) is 0 Å². The molecule has 7 aromatic rings. The van der Waals surface area contributed by atoms with Crippen molar-refractivity contribution in [2.75, 3.05) is 0 Å². The number of para-hydroxylation sites is 1. The lowest BCUT2D eigenvalue weighted by atomic mass is 9.65. The third-order valence-corrected chi connectivity index (χ3v) is 11.7. The predicted molar refractivity (Wildman–Crippen MR) is 227 cm³/mol. The van der Waals surface area contributed by atoms with Crippen molar-refractivity contribution >= 4 is 11.7 Å². The van der Waals surface area contributed by atoms with E-state index in [2.05, 4.69) is 199 Å². The van der Waals surface area contributed by atoms with Crippen LogP contribution in [0.5, 0.6) is 11.5 Å². The molecule has 1 spiro atoms. The van der Waals surface area contributed by atoms with Crippen LogP contribution >= 0.6 is 0 Å². The van der Waals surface area contributed by atoms with Crippen molar-refractivity contribution < 1.29 is 4.74 Å². The molecule has 11 rings (SSSR count). The molecule has 2 heterocycles. The Bertz CT molecular complexity index is 2760. The summed E-state index contributed by atoms with van der Waals surface area (Å²) in [6, 6.07) is 60.8. The third-order valence-electron chi connectivity index (χ3n) is 11.7. The Morgan fingerprint density at radius 1 is 0.518 bits per heavy atom. The first-order valence-electron chi connectivity index (χ1n) is 19.4. The lowest BCUT2D eigenvalue weighted by molar-refractivity contribution is 0.436. The van der Waals surface area contributed by atoms with Crippen LogP contribution in [0.25, 0.3) is 33.4 Å². The lowest BCUT2D eigenvalue weighted by Crippen LogP contribution is -2.35. The van der Waals surface area contributed by atoms with Gasteiger partial charge in [0.05, 0.1) is 5.41 Å². The predicted octanol–water partition coefficient (Wildman–Crippen LogP) is 12.1. The van der Waals surface area contributed by atoms with Crippen LogP contribution in [0.15, 0.2) is 204 Å². The maximum Gasteiger partial charge on any atom is 0.148 e. The van der Waals surface area contributed by atoms with Gasteiger partial charge in [-0.15, -0.1) is 0 Å². The van der Waals surface area contributed by atoms with Crippen molar-refractivity contribution in [3.05, 3.63) is 228 Å². The molecule has 0 radical (unpaired) electrons. The number of ether oxygens (including phenoxy) is 1. The Labute approximate surface area is 326 Å². The van der Waals surface area contributed by atoms with Gasteiger partial charge in [0.25, 0.3) is 0 Å². The smallest absolute Gasteiger partial charge is 0.148 e. The first kappa shape index (κ1) is 32.4. The molecule has 2 unspecified atom stereocenters. The van der Waals surface area contributed by atoms with E-state index < -0.39 is 5.41 Å². The van der Waals surface area contributed by atoms with E-state index in [-0.39, 0.29) is 12.1 Å². The van der Waals surface area contributed by atoms with Crippen LogP contribution in [0.1, 0.15) is 46.0 Å². The second-order valence-electron chi connectivity index (χ2n) is 14.8. The van der Waals surface area contributed by atoms with E-state index in [9.17, 15) is 0 Å². The fraction of sp³-hybridized carbons (Fsp3) is 0.0769. The number of amidine groups is 2. The molecule has 0 fully saturated rings. The standard InChI is InChI=1S/C52H37N3O/c1-3-16-34(17-4-1)36-20-15-21-38(32-36)50-53-49(35-18-5-2-6-19-35)54-51(55-50)42-25-8-7-22-39(42)37-30-31-48-46(33-37)52(45-28-13-14-29-47(45)56-48)43-26-11-9-23-40(43)41-24-10-12-27-44(41)52/h1-18,20-33,35,51H,19H2,(H,53,54,55). The second kappa shape index (κ2) is 13.1. The number of allylic oxidation sites excluding steroid dienone is 3. The minimum Gasteiger partial charge on any atom is -0.457 e. The normalized spacial score (nSPS) is 18.1. The summed E-state index contributed by atoms with van der Waals surface area (Å²) < 4.78 is 6.76. The van der Waals surface area contributed by atoms with Crippen LogP contribution in [-0.2, 0) is 5.41 Å². The summed E-state index contributed by atoms with van der Waals surface area (Å²) in [5.41, 5.74) is 13.5. The number of nitrogens with zero attached hydrogens (tertiary/aromatic N) is 2. The van der Waals surface area contributed by atoms with Crippen molar-refractivity contribution in [1.82, 2.24) is 5.32 Å². The number of hydrogen-bond acceptors (Lipinski definition) is 4. The molecule has 2 aliphatic carbocycles. The fourth-order valence-corrected chi connectivity index (χ4v) is 9.21. The van der Waals surface area contributed by atoms with Crippen LogP contribution in [0.4, 0.5) is 0 Å². The number of rotatable bonds is 5. The summed E-state index contributed by atoms with van der Waals surface area (Å²) in [4.78, 5) is 10.6. The molecule has 0 bridgehead atoms. The Hall–Kier alpha value is -7.04. The number of nitrogens with one attached hydrogen (secondary N) is 1. The van der Waals surface area contributed by atoms with Gasteiger partial charge < -0.3 is 10.1 Å². The summed E-state index contributed by atoms with van der Waals surface area (Å²) in [5.74, 6) is 3.51. The number of benzene rings is 7. The van der Waals surface area contributed by atoms with E-state index in [0.717, 1.165) is 68.5 Å². The summed E-state index contributed by atoms with van der Waals surface area (Å²) in [5, 5.41) is 3.79. The SMILES string of the molecule is C1=CCC(C2=NC(c3ccccc3-c3ccc4c(c3)C3(c5ccccc5O4)c4ccccc4-c4ccccc43)NC(c3cccc(-c4ccccc4)c3)=N2)C=C1. The van der Waals surface area contributed by atoms with Gasteiger partial charge in [-0.05, 0) is 75.2 Å². The van der Waals surface area contributed by atoms with Crippen LogP contribution < -0.4 is 10.1 Å². The van der Waals surface area contributed by atoms with E-state index in [4.69, 9.17) is 14.7 Å². The summed E-state index contributed by atoms with van der Waals surface area (Å²) in [7, 11) is 0. The summed E-state index contributed by atoms with van der Waals surface area (Å²) in [6.07, 6.45) is 9.13. The Kier molecular flexibility index (Phi) is 7.56. The molecule has 0 saturated heterocycles. The lowest BCUT2D eigenvalue weighted by Gasteiger charge is -2.39. The van der Waals surface area contributed by atoms with Crippen molar-refractivity contribution in [2.24, 2.45) is 15.9 Å². The van der Waals surface area contributed by atoms with Crippen molar-refractivity contribution in [2.45, 2.75) is 18.0 Å². The van der Waals surface area contributed by atoms with Gasteiger partial charge in [0, 0.05) is 28.2 Å². The molecule has 0 amide bonds.